The van der Waals surface area contributed by atoms with Gasteiger partial charge in [0.1, 0.15) is 5.82 Å². The second-order valence-corrected chi connectivity index (χ2v) is 4.49. The number of para-hydroxylation sites is 1. The molecule has 2 rings (SSSR count). The Morgan fingerprint density at radius 3 is 2.63 bits per heavy atom. The topological polar surface area (TPSA) is 28.2 Å². The Morgan fingerprint density at radius 2 is 1.95 bits per heavy atom. The fraction of sp³-hybridized carbons (Fsp3) is 0.267. The normalized spacial score (nSPS) is 10.5. The average Bonchev–Trinajstić information content (AvgIpc) is 2.40. The number of aromatic nitrogens is 1. The van der Waals surface area contributed by atoms with Crippen LogP contribution in [-0.4, -0.2) is 19.1 Å². The Kier molecular flexibility index (Phi) is 4.47. The van der Waals surface area contributed by atoms with E-state index in [9.17, 15) is 4.39 Å². The van der Waals surface area contributed by atoms with Crippen LogP contribution in [0.25, 0.3) is 0 Å². The number of hydrogen-bond donors (Lipinski definition) is 1. The minimum Gasteiger partial charge on any atom is -0.368 e. The highest BCUT2D eigenvalue weighted by atomic mass is 19.1. The van der Waals surface area contributed by atoms with Crippen LogP contribution in [0.15, 0.2) is 42.7 Å². The van der Waals surface area contributed by atoms with Crippen molar-refractivity contribution in [3.63, 3.8) is 0 Å². The van der Waals surface area contributed by atoms with Crippen LogP contribution >= 0.6 is 0 Å². The molecule has 0 saturated carbocycles. The first-order valence-electron chi connectivity index (χ1n) is 6.24. The van der Waals surface area contributed by atoms with Crippen molar-refractivity contribution in [2.24, 2.45) is 0 Å². The zero-order valence-corrected chi connectivity index (χ0v) is 11.2. The predicted octanol–water partition coefficient (Wildman–Crippen LogP) is 2.58. The number of nitrogens with one attached hydrogen (secondary N) is 1. The third kappa shape index (κ3) is 3.29. The number of rotatable bonds is 5. The molecule has 1 aromatic carbocycles. The summed E-state index contributed by atoms with van der Waals surface area (Å²) in [6.45, 7) is 1.30. The molecule has 0 aliphatic rings. The highest BCUT2D eigenvalue weighted by Crippen LogP contribution is 2.24. The molecule has 3 nitrogen and oxygen atoms in total. The summed E-state index contributed by atoms with van der Waals surface area (Å²) in [6.07, 6.45) is 3.50. The Balaban J connectivity index is 2.25. The minimum atomic E-state index is -0.190. The maximum atomic E-state index is 14.0. The average molecular weight is 259 g/mol. The molecule has 0 bridgehead atoms. The highest BCUT2D eigenvalue weighted by Gasteiger charge is 2.12. The van der Waals surface area contributed by atoms with E-state index in [0.717, 1.165) is 11.1 Å². The monoisotopic (exact) mass is 259 g/mol. The van der Waals surface area contributed by atoms with E-state index in [1.165, 1.54) is 6.07 Å². The molecule has 0 unspecified atom stereocenters. The number of pyridine rings is 1. The number of benzene rings is 1. The number of anilines is 1. The lowest BCUT2D eigenvalue weighted by Crippen LogP contribution is -2.21. The van der Waals surface area contributed by atoms with Gasteiger partial charge in [-0.3, -0.25) is 4.98 Å². The number of hydrogen-bond acceptors (Lipinski definition) is 3. The number of nitrogens with zero attached hydrogens (tertiary/aromatic N) is 2. The molecule has 19 heavy (non-hydrogen) atoms. The first kappa shape index (κ1) is 13.5. The van der Waals surface area contributed by atoms with Gasteiger partial charge in [-0.1, -0.05) is 12.1 Å². The molecule has 0 spiro atoms. The summed E-state index contributed by atoms with van der Waals surface area (Å²) in [5, 5.41) is 3.07. The van der Waals surface area contributed by atoms with Crippen molar-refractivity contribution >= 4 is 5.69 Å². The van der Waals surface area contributed by atoms with E-state index in [4.69, 9.17) is 0 Å². The molecule has 0 aliphatic carbocycles. The molecule has 0 amide bonds. The van der Waals surface area contributed by atoms with E-state index >= 15 is 0 Å². The van der Waals surface area contributed by atoms with Crippen LogP contribution in [0.5, 0.6) is 0 Å². The lowest BCUT2D eigenvalue weighted by molar-refractivity contribution is 0.617. The summed E-state index contributed by atoms with van der Waals surface area (Å²) >= 11 is 0. The van der Waals surface area contributed by atoms with Gasteiger partial charge >= 0.3 is 0 Å². The van der Waals surface area contributed by atoms with Crippen molar-refractivity contribution < 1.29 is 4.39 Å². The van der Waals surface area contributed by atoms with Crippen LogP contribution in [0.3, 0.4) is 0 Å². The summed E-state index contributed by atoms with van der Waals surface area (Å²) in [5.74, 6) is -0.190. The SMILES string of the molecule is CNCc1cccc(F)c1N(C)Cc1ccncc1. The third-order valence-corrected chi connectivity index (χ3v) is 2.99. The Morgan fingerprint density at radius 1 is 1.21 bits per heavy atom. The van der Waals surface area contributed by atoms with E-state index in [1.807, 2.05) is 37.2 Å². The summed E-state index contributed by atoms with van der Waals surface area (Å²) in [4.78, 5) is 5.92. The van der Waals surface area contributed by atoms with Crippen molar-refractivity contribution in [3.8, 4) is 0 Å². The van der Waals surface area contributed by atoms with Crippen LogP contribution < -0.4 is 10.2 Å². The standard InChI is InChI=1S/C15H18FN3/c1-17-10-13-4-3-5-14(16)15(13)19(2)11-12-6-8-18-9-7-12/h3-9,17H,10-11H2,1-2H3. The van der Waals surface area contributed by atoms with Crippen LogP contribution in [0.2, 0.25) is 0 Å². The molecule has 1 N–H and O–H groups in total. The van der Waals surface area contributed by atoms with Gasteiger partial charge in [-0.15, -0.1) is 0 Å². The maximum Gasteiger partial charge on any atom is 0.146 e. The van der Waals surface area contributed by atoms with Crippen LogP contribution in [-0.2, 0) is 13.1 Å². The van der Waals surface area contributed by atoms with Gasteiger partial charge in [-0.25, -0.2) is 4.39 Å². The van der Waals surface area contributed by atoms with E-state index in [2.05, 4.69) is 10.3 Å². The smallest absolute Gasteiger partial charge is 0.146 e. The molecule has 4 heteroatoms. The second-order valence-electron chi connectivity index (χ2n) is 4.49. The molecule has 100 valence electrons. The van der Waals surface area contributed by atoms with Gasteiger partial charge in [0, 0.05) is 32.5 Å². The molecule has 0 aliphatic heterocycles. The van der Waals surface area contributed by atoms with Crippen molar-refractivity contribution in [1.82, 2.24) is 10.3 Å². The van der Waals surface area contributed by atoms with Crippen molar-refractivity contribution in [2.45, 2.75) is 13.1 Å². The quantitative estimate of drug-likeness (QED) is 0.894. The van der Waals surface area contributed by atoms with Gasteiger partial charge in [0.2, 0.25) is 0 Å². The van der Waals surface area contributed by atoms with Crippen LogP contribution in [0.1, 0.15) is 11.1 Å². The van der Waals surface area contributed by atoms with E-state index in [0.29, 0.717) is 18.8 Å². The first-order chi connectivity index (χ1) is 9.22. The van der Waals surface area contributed by atoms with E-state index in [1.54, 1.807) is 18.5 Å². The Hall–Kier alpha value is -1.94. The Labute approximate surface area is 113 Å². The minimum absolute atomic E-state index is 0.190. The molecule has 1 heterocycles. The molecule has 0 fully saturated rings. The zero-order chi connectivity index (χ0) is 13.7. The van der Waals surface area contributed by atoms with Gasteiger partial charge in [-0.05, 0) is 36.4 Å². The van der Waals surface area contributed by atoms with Crippen molar-refractivity contribution in [1.29, 1.82) is 0 Å². The van der Waals surface area contributed by atoms with Gasteiger partial charge < -0.3 is 10.2 Å². The second kappa shape index (κ2) is 6.29. The lowest BCUT2D eigenvalue weighted by Gasteiger charge is -2.23. The van der Waals surface area contributed by atoms with Gasteiger partial charge in [0.25, 0.3) is 0 Å². The number of halogens is 1. The molecule has 2 aromatic rings. The van der Waals surface area contributed by atoms with Gasteiger partial charge in [0.15, 0.2) is 0 Å². The molecule has 1 aromatic heterocycles. The Bertz CT molecular complexity index is 528. The molecule has 0 atom stereocenters. The molecular formula is C15H18FN3. The lowest BCUT2D eigenvalue weighted by atomic mass is 10.1. The summed E-state index contributed by atoms with van der Waals surface area (Å²) in [7, 11) is 3.76. The third-order valence-electron chi connectivity index (χ3n) is 2.99. The summed E-state index contributed by atoms with van der Waals surface area (Å²) in [6, 6.07) is 9.06. The summed E-state index contributed by atoms with van der Waals surface area (Å²) < 4.78 is 14.0. The summed E-state index contributed by atoms with van der Waals surface area (Å²) in [5.41, 5.74) is 2.71. The molecule has 0 saturated heterocycles. The molecular weight excluding hydrogens is 241 g/mol. The molecule has 0 radical (unpaired) electrons. The van der Waals surface area contributed by atoms with Crippen molar-refractivity contribution in [2.75, 3.05) is 19.0 Å². The highest BCUT2D eigenvalue weighted by molar-refractivity contribution is 5.54. The largest absolute Gasteiger partial charge is 0.368 e. The van der Waals surface area contributed by atoms with Crippen LogP contribution in [0.4, 0.5) is 10.1 Å². The van der Waals surface area contributed by atoms with E-state index < -0.39 is 0 Å². The van der Waals surface area contributed by atoms with Crippen molar-refractivity contribution in [3.05, 3.63) is 59.7 Å². The first-order valence-corrected chi connectivity index (χ1v) is 6.24. The predicted molar refractivity (Wildman–Crippen MR) is 75.5 cm³/mol. The van der Waals surface area contributed by atoms with Crippen LogP contribution in [0, 0.1) is 5.82 Å². The van der Waals surface area contributed by atoms with Gasteiger partial charge in [0.05, 0.1) is 5.69 Å². The van der Waals surface area contributed by atoms with E-state index in [-0.39, 0.29) is 5.82 Å². The fourth-order valence-electron chi connectivity index (χ4n) is 2.16. The maximum absolute atomic E-state index is 14.0. The fourth-order valence-corrected chi connectivity index (χ4v) is 2.16. The van der Waals surface area contributed by atoms with Gasteiger partial charge in [-0.2, -0.15) is 0 Å². The zero-order valence-electron chi connectivity index (χ0n) is 11.2.